The average Bonchev–Trinajstić information content (AvgIpc) is 3.00. The van der Waals surface area contributed by atoms with Gasteiger partial charge in [-0.2, -0.15) is 0 Å². The molecule has 2 aromatic rings. The second kappa shape index (κ2) is 9.66. The van der Waals surface area contributed by atoms with Crippen LogP contribution >= 0.6 is 15.9 Å². The Morgan fingerprint density at radius 2 is 1.84 bits per heavy atom. The van der Waals surface area contributed by atoms with E-state index in [2.05, 4.69) is 15.9 Å². The number of benzene rings is 2. The maximum Gasteiger partial charge on any atom is 0.295 e. The molecule has 1 aliphatic rings. The third kappa shape index (κ3) is 4.67. The van der Waals surface area contributed by atoms with Crippen molar-refractivity contribution >= 4 is 39.1 Å². The fourth-order valence-electron chi connectivity index (χ4n) is 3.74. The maximum absolute atomic E-state index is 13.0. The molecule has 0 saturated carbocycles. The number of hydrogen-bond donors (Lipinski definition) is 1. The summed E-state index contributed by atoms with van der Waals surface area (Å²) in [5.74, 6) is -1.43. The molecule has 1 atom stereocenters. The number of ketones is 1. The molecule has 1 amide bonds. The van der Waals surface area contributed by atoms with Crippen molar-refractivity contribution in [1.82, 2.24) is 4.90 Å². The minimum absolute atomic E-state index is 0.113. The number of anilines is 1. The van der Waals surface area contributed by atoms with Crippen LogP contribution in [0.1, 0.15) is 29.2 Å². The Labute approximate surface area is 191 Å². The number of carbonyl (C=O) groups is 2. The molecule has 2 aromatic carbocycles. The molecule has 1 heterocycles. The Bertz CT molecular complexity index is 1010. The van der Waals surface area contributed by atoms with Crippen LogP contribution in [0.4, 0.5) is 5.69 Å². The van der Waals surface area contributed by atoms with E-state index in [1.807, 2.05) is 56.3 Å². The maximum atomic E-state index is 13.0. The molecule has 1 unspecified atom stereocenters. The molecule has 164 valence electrons. The Balaban J connectivity index is 2.12. The largest absolute Gasteiger partial charge is 0.507 e. The summed E-state index contributed by atoms with van der Waals surface area (Å²) in [5, 5.41) is 11.1. The van der Waals surface area contributed by atoms with Crippen LogP contribution in [0.2, 0.25) is 0 Å². The highest BCUT2D eigenvalue weighted by atomic mass is 79.9. The van der Waals surface area contributed by atoms with Crippen molar-refractivity contribution in [2.45, 2.75) is 19.4 Å². The highest BCUT2D eigenvalue weighted by molar-refractivity contribution is 9.10. The summed E-state index contributed by atoms with van der Waals surface area (Å²) in [5.41, 5.74) is 3.32. The van der Waals surface area contributed by atoms with Crippen LogP contribution in [-0.4, -0.2) is 56.1 Å². The monoisotopic (exact) mass is 486 g/mol. The lowest BCUT2D eigenvalue weighted by atomic mass is 9.94. The Morgan fingerprint density at radius 1 is 1.16 bits per heavy atom. The molecule has 0 spiro atoms. The molecule has 1 saturated heterocycles. The normalized spacial score (nSPS) is 18.0. The fraction of sp³-hybridized carbons (Fsp3) is 0.333. The number of aliphatic hydroxyl groups is 1. The number of aliphatic hydroxyl groups excluding tert-OH is 1. The first-order chi connectivity index (χ1) is 14.8. The van der Waals surface area contributed by atoms with Gasteiger partial charge in [0.2, 0.25) is 0 Å². The molecule has 7 heteroatoms. The van der Waals surface area contributed by atoms with Crippen molar-refractivity contribution in [2.24, 2.45) is 0 Å². The van der Waals surface area contributed by atoms with Crippen molar-refractivity contribution in [3.05, 3.63) is 69.2 Å². The molecular formula is C24H27BrN2O4. The summed E-state index contributed by atoms with van der Waals surface area (Å²) in [6, 6.07) is 12.4. The van der Waals surface area contributed by atoms with E-state index in [0.29, 0.717) is 25.1 Å². The van der Waals surface area contributed by atoms with Gasteiger partial charge in [-0.15, -0.1) is 0 Å². The number of methoxy groups -OCH3 is 1. The van der Waals surface area contributed by atoms with E-state index in [4.69, 9.17) is 4.74 Å². The summed E-state index contributed by atoms with van der Waals surface area (Å²) in [6.07, 6.45) is 0.591. The predicted molar refractivity (Wildman–Crippen MR) is 125 cm³/mol. The number of hydrogen-bond acceptors (Lipinski definition) is 5. The van der Waals surface area contributed by atoms with Gasteiger partial charge < -0.3 is 19.6 Å². The van der Waals surface area contributed by atoms with Crippen LogP contribution in [0.15, 0.2) is 52.5 Å². The molecule has 3 rings (SSSR count). The average molecular weight is 487 g/mol. The smallest absolute Gasteiger partial charge is 0.295 e. The lowest BCUT2D eigenvalue weighted by Gasteiger charge is -2.26. The second-order valence-corrected chi connectivity index (χ2v) is 8.64. The minimum Gasteiger partial charge on any atom is -0.507 e. The van der Waals surface area contributed by atoms with Gasteiger partial charge in [-0.1, -0.05) is 34.1 Å². The summed E-state index contributed by atoms with van der Waals surface area (Å²) in [7, 11) is 5.49. The highest BCUT2D eigenvalue weighted by Crippen LogP contribution is 2.40. The van der Waals surface area contributed by atoms with E-state index < -0.39 is 17.7 Å². The van der Waals surface area contributed by atoms with E-state index in [1.165, 1.54) is 4.90 Å². The van der Waals surface area contributed by atoms with Gasteiger partial charge in [0.05, 0.1) is 11.6 Å². The number of rotatable bonds is 7. The second-order valence-electron chi connectivity index (χ2n) is 7.79. The number of likely N-dealkylation sites (tertiary alicyclic amines) is 1. The Hall–Kier alpha value is -2.64. The Kier molecular flexibility index (Phi) is 7.18. The number of aryl methyl sites for hydroxylation is 1. The summed E-state index contributed by atoms with van der Waals surface area (Å²) < 4.78 is 6.02. The Morgan fingerprint density at radius 3 is 2.42 bits per heavy atom. The summed E-state index contributed by atoms with van der Waals surface area (Å²) in [4.78, 5) is 29.4. The van der Waals surface area contributed by atoms with Crippen molar-refractivity contribution in [1.29, 1.82) is 0 Å². The molecule has 1 aliphatic heterocycles. The van der Waals surface area contributed by atoms with Crippen molar-refractivity contribution in [2.75, 3.05) is 39.3 Å². The first-order valence-corrected chi connectivity index (χ1v) is 10.9. The first kappa shape index (κ1) is 23.0. The number of amides is 1. The SMILES string of the molecule is COCCCN1C(=O)C(=O)/C(=C(\O)c2ccc(Br)c(C)c2)C1c1ccc(N(C)C)cc1. The molecule has 1 N–H and O–H groups in total. The van der Waals surface area contributed by atoms with Crippen molar-refractivity contribution in [3.8, 4) is 0 Å². The number of halogens is 1. The predicted octanol–water partition coefficient (Wildman–Crippen LogP) is 4.28. The highest BCUT2D eigenvalue weighted by Gasteiger charge is 2.45. The van der Waals surface area contributed by atoms with Gasteiger partial charge in [-0.25, -0.2) is 0 Å². The molecule has 6 nitrogen and oxygen atoms in total. The molecule has 0 bridgehead atoms. The lowest BCUT2D eigenvalue weighted by Crippen LogP contribution is -2.31. The topological polar surface area (TPSA) is 70.1 Å². The van der Waals surface area contributed by atoms with E-state index >= 15 is 0 Å². The molecule has 0 radical (unpaired) electrons. The number of Topliss-reactive ketones (excluding diaryl/α,β-unsaturated/α-hetero) is 1. The van der Waals surface area contributed by atoms with Gasteiger partial charge in [-0.3, -0.25) is 9.59 Å². The quantitative estimate of drug-likeness (QED) is 0.273. The minimum atomic E-state index is -0.669. The third-order valence-corrected chi connectivity index (χ3v) is 6.33. The van der Waals surface area contributed by atoms with E-state index in [-0.39, 0.29) is 11.3 Å². The van der Waals surface area contributed by atoms with E-state index in [9.17, 15) is 14.7 Å². The van der Waals surface area contributed by atoms with Crippen LogP contribution in [0.25, 0.3) is 5.76 Å². The van der Waals surface area contributed by atoms with E-state index in [1.54, 1.807) is 19.2 Å². The first-order valence-electron chi connectivity index (χ1n) is 10.1. The summed E-state index contributed by atoms with van der Waals surface area (Å²) >= 11 is 3.45. The molecule has 0 aromatic heterocycles. The molecule has 0 aliphatic carbocycles. The van der Waals surface area contributed by atoms with E-state index in [0.717, 1.165) is 21.3 Å². The van der Waals surface area contributed by atoms with Crippen LogP contribution in [0, 0.1) is 6.92 Å². The lowest BCUT2D eigenvalue weighted by molar-refractivity contribution is -0.140. The van der Waals surface area contributed by atoms with Gasteiger partial charge in [0.25, 0.3) is 11.7 Å². The molecular weight excluding hydrogens is 460 g/mol. The zero-order chi connectivity index (χ0) is 22.7. The van der Waals surface area contributed by atoms with Gasteiger partial charge >= 0.3 is 0 Å². The van der Waals surface area contributed by atoms with Crippen molar-refractivity contribution in [3.63, 3.8) is 0 Å². The standard InChI is InChI=1S/C24H27BrN2O4/c1-15-14-17(8-11-19(15)25)22(28)20-21(16-6-9-18(10-7-16)26(2)3)27(12-5-13-31-4)24(30)23(20)29/h6-11,14,21,28H,5,12-13H2,1-4H3/b22-20-. The number of carbonyl (C=O) groups excluding carboxylic acids is 2. The zero-order valence-electron chi connectivity index (χ0n) is 18.2. The molecule has 1 fully saturated rings. The third-order valence-electron chi connectivity index (χ3n) is 5.44. The number of ether oxygens (including phenoxy) is 1. The van der Waals surface area contributed by atoms with Crippen LogP contribution in [0.5, 0.6) is 0 Å². The van der Waals surface area contributed by atoms with Crippen molar-refractivity contribution < 1.29 is 19.4 Å². The zero-order valence-corrected chi connectivity index (χ0v) is 19.8. The van der Waals surface area contributed by atoms with Crippen LogP contribution < -0.4 is 4.90 Å². The van der Waals surface area contributed by atoms with Gasteiger partial charge in [-0.05, 0) is 48.7 Å². The fourth-order valence-corrected chi connectivity index (χ4v) is 3.99. The van der Waals surface area contributed by atoms with Crippen LogP contribution in [-0.2, 0) is 14.3 Å². The summed E-state index contributed by atoms with van der Waals surface area (Å²) in [6.45, 7) is 2.73. The molecule has 31 heavy (non-hydrogen) atoms. The van der Waals surface area contributed by atoms with Crippen LogP contribution in [0.3, 0.4) is 0 Å². The van der Waals surface area contributed by atoms with Gasteiger partial charge in [0.1, 0.15) is 5.76 Å². The van der Waals surface area contributed by atoms with Gasteiger partial charge in [0, 0.05) is 50.1 Å². The number of nitrogens with zero attached hydrogens (tertiary/aromatic N) is 2. The van der Waals surface area contributed by atoms with Gasteiger partial charge in [0.15, 0.2) is 0 Å².